The fourth-order valence-corrected chi connectivity index (χ4v) is 3.30. The standard InChI is InChI=1S/C25H40N6O6.C2H6.C2H4/c1-5-6-9-20(32)31-21(16(2)3)23(34)30-19(8-7-14-28-24(26)35)22(33)29-18-12-10-17(11-13-18)15-37-25(36)27-4;2*1-2/h10-13,16,19,21H,5-9,14-15H2,1-4H3,(H,27,36)(H,29,33)(H,30,34)(H,31,32)(H3,26,28,35);1-2H3;1-2H2. The number of amides is 6. The molecule has 1 aromatic rings. The lowest BCUT2D eigenvalue weighted by atomic mass is 10.0. The van der Waals surface area contributed by atoms with E-state index < -0.39 is 36.0 Å². The van der Waals surface area contributed by atoms with Crippen molar-refractivity contribution in [3.63, 3.8) is 0 Å². The van der Waals surface area contributed by atoms with Gasteiger partial charge >= 0.3 is 12.1 Å². The molecule has 0 bridgehead atoms. The minimum Gasteiger partial charge on any atom is -0.445 e. The first-order valence-corrected chi connectivity index (χ1v) is 13.9. The zero-order chi connectivity index (χ0) is 31.8. The Morgan fingerprint density at radius 1 is 0.951 bits per heavy atom. The van der Waals surface area contributed by atoms with Crippen LogP contribution in [0.2, 0.25) is 0 Å². The molecule has 1 rings (SSSR count). The fraction of sp³-hybridized carbons (Fsp3) is 0.552. The van der Waals surface area contributed by atoms with Crippen molar-refractivity contribution in [1.82, 2.24) is 21.3 Å². The zero-order valence-electron chi connectivity index (χ0n) is 25.4. The molecule has 1 aromatic carbocycles. The molecule has 0 aliphatic heterocycles. The number of hydrogen-bond acceptors (Lipinski definition) is 6. The Morgan fingerprint density at radius 2 is 1.56 bits per heavy atom. The molecule has 41 heavy (non-hydrogen) atoms. The SMILES string of the molecule is C=C.CC.CCCCC(=O)NC(C(=O)NC(CCCNC(N)=O)C(=O)Nc1ccc(COC(=O)NC)cc1)C(C)C. The highest BCUT2D eigenvalue weighted by Crippen LogP contribution is 2.13. The molecule has 0 radical (unpaired) electrons. The highest BCUT2D eigenvalue weighted by atomic mass is 16.5. The van der Waals surface area contributed by atoms with Gasteiger partial charge < -0.3 is 37.1 Å². The predicted octanol–water partition coefficient (Wildman–Crippen LogP) is 3.57. The third-order valence-electron chi connectivity index (χ3n) is 5.42. The van der Waals surface area contributed by atoms with Gasteiger partial charge in [-0.1, -0.05) is 53.2 Å². The molecule has 0 aromatic heterocycles. The molecule has 2 atom stereocenters. The zero-order valence-corrected chi connectivity index (χ0v) is 25.4. The molecule has 0 saturated carbocycles. The van der Waals surface area contributed by atoms with Gasteiger partial charge in [-0.3, -0.25) is 14.4 Å². The number of ether oxygens (including phenoxy) is 1. The van der Waals surface area contributed by atoms with Crippen LogP contribution in [-0.4, -0.2) is 55.5 Å². The van der Waals surface area contributed by atoms with Gasteiger partial charge in [0.2, 0.25) is 17.7 Å². The second-order valence-corrected chi connectivity index (χ2v) is 8.90. The first kappa shape index (κ1) is 39.1. The molecular formula is C29H50N6O6. The van der Waals surface area contributed by atoms with Crippen molar-refractivity contribution in [3.05, 3.63) is 43.0 Å². The highest BCUT2D eigenvalue weighted by molar-refractivity contribution is 5.98. The topological polar surface area (TPSA) is 181 Å². The minimum atomic E-state index is -0.924. The van der Waals surface area contributed by atoms with Crippen molar-refractivity contribution in [2.45, 2.75) is 85.4 Å². The van der Waals surface area contributed by atoms with Crippen molar-refractivity contribution in [2.75, 3.05) is 18.9 Å². The van der Waals surface area contributed by atoms with Gasteiger partial charge in [0.05, 0.1) is 0 Å². The maximum absolute atomic E-state index is 13.1. The summed E-state index contributed by atoms with van der Waals surface area (Å²) in [6.45, 7) is 15.9. The number of primary amides is 1. The van der Waals surface area contributed by atoms with Crippen LogP contribution in [0.3, 0.4) is 0 Å². The van der Waals surface area contributed by atoms with E-state index in [0.717, 1.165) is 12.0 Å². The number of benzene rings is 1. The average Bonchev–Trinajstić information content (AvgIpc) is 2.97. The van der Waals surface area contributed by atoms with Gasteiger partial charge in [0.15, 0.2) is 0 Å². The summed E-state index contributed by atoms with van der Waals surface area (Å²) >= 11 is 0. The highest BCUT2D eigenvalue weighted by Gasteiger charge is 2.28. The molecule has 6 amide bonds. The summed E-state index contributed by atoms with van der Waals surface area (Å²) in [7, 11) is 1.46. The van der Waals surface area contributed by atoms with Crippen molar-refractivity contribution in [3.8, 4) is 0 Å². The fourth-order valence-electron chi connectivity index (χ4n) is 3.30. The lowest BCUT2D eigenvalue weighted by Gasteiger charge is -2.25. The van der Waals surface area contributed by atoms with Crippen LogP contribution in [0.1, 0.15) is 72.3 Å². The van der Waals surface area contributed by atoms with Crippen LogP contribution in [0.4, 0.5) is 15.3 Å². The van der Waals surface area contributed by atoms with Crippen LogP contribution >= 0.6 is 0 Å². The van der Waals surface area contributed by atoms with Crippen LogP contribution < -0.4 is 32.3 Å². The Labute approximate surface area is 244 Å². The normalized spacial score (nSPS) is 11.2. The van der Waals surface area contributed by atoms with E-state index in [1.807, 2.05) is 34.6 Å². The number of nitrogens with two attached hydrogens (primary N) is 1. The molecule has 0 heterocycles. The van der Waals surface area contributed by atoms with Gasteiger partial charge in [-0.2, -0.15) is 0 Å². The van der Waals surface area contributed by atoms with Crippen LogP contribution in [0.15, 0.2) is 37.4 Å². The predicted molar refractivity (Wildman–Crippen MR) is 162 cm³/mol. The van der Waals surface area contributed by atoms with Crippen molar-refractivity contribution in [1.29, 1.82) is 0 Å². The minimum absolute atomic E-state index is 0.0695. The van der Waals surface area contributed by atoms with Gasteiger partial charge in [-0.05, 0) is 42.9 Å². The maximum atomic E-state index is 13.1. The molecule has 0 aliphatic carbocycles. The number of unbranched alkanes of at least 4 members (excludes halogenated alkanes) is 1. The molecule has 12 heteroatoms. The van der Waals surface area contributed by atoms with E-state index in [-0.39, 0.29) is 31.4 Å². The Kier molecular flexibility index (Phi) is 22.6. The summed E-state index contributed by atoms with van der Waals surface area (Å²) in [4.78, 5) is 60.5. The quantitative estimate of drug-likeness (QED) is 0.137. The number of carbonyl (C=O) groups is 5. The van der Waals surface area contributed by atoms with Crippen LogP contribution in [-0.2, 0) is 25.7 Å². The van der Waals surface area contributed by atoms with Gasteiger partial charge in [0.1, 0.15) is 18.7 Å². The summed E-state index contributed by atoms with van der Waals surface area (Å²) in [6.07, 6.45) is 1.95. The van der Waals surface area contributed by atoms with Gasteiger partial charge in [-0.25, -0.2) is 9.59 Å². The molecule has 12 nitrogen and oxygen atoms in total. The molecule has 232 valence electrons. The molecule has 7 N–H and O–H groups in total. The second kappa shape index (κ2) is 23.8. The summed E-state index contributed by atoms with van der Waals surface area (Å²) in [5, 5.41) is 13.1. The van der Waals surface area contributed by atoms with E-state index in [4.69, 9.17) is 10.5 Å². The summed E-state index contributed by atoms with van der Waals surface area (Å²) in [5.41, 5.74) is 6.30. The maximum Gasteiger partial charge on any atom is 0.407 e. The first-order valence-electron chi connectivity index (χ1n) is 13.9. The molecule has 0 spiro atoms. The lowest BCUT2D eigenvalue weighted by Crippen LogP contribution is -2.54. The number of nitrogens with one attached hydrogen (secondary N) is 5. The summed E-state index contributed by atoms with van der Waals surface area (Å²) in [6, 6.07) is 4.29. The first-order chi connectivity index (χ1) is 19.6. The van der Waals surface area contributed by atoms with Crippen LogP contribution in [0.25, 0.3) is 0 Å². The monoisotopic (exact) mass is 578 g/mol. The smallest absolute Gasteiger partial charge is 0.407 e. The molecule has 2 unspecified atom stereocenters. The summed E-state index contributed by atoms with van der Waals surface area (Å²) in [5.74, 6) is -1.34. The molecular weight excluding hydrogens is 528 g/mol. The lowest BCUT2D eigenvalue weighted by molar-refractivity contribution is -0.132. The van der Waals surface area contributed by atoms with E-state index in [9.17, 15) is 24.0 Å². The van der Waals surface area contributed by atoms with E-state index in [1.54, 1.807) is 24.3 Å². The van der Waals surface area contributed by atoms with Crippen molar-refractivity contribution < 1.29 is 28.7 Å². The molecule has 0 saturated heterocycles. The number of urea groups is 1. The molecule has 0 aliphatic rings. The average molecular weight is 579 g/mol. The van der Waals surface area contributed by atoms with Crippen LogP contribution in [0, 0.1) is 5.92 Å². The van der Waals surface area contributed by atoms with Gasteiger partial charge in [0, 0.05) is 25.7 Å². The second-order valence-electron chi connectivity index (χ2n) is 8.90. The third kappa shape index (κ3) is 18.0. The Hall–Kier alpha value is -4.09. The number of anilines is 1. The van der Waals surface area contributed by atoms with Gasteiger partial charge in [0.25, 0.3) is 0 Å². The Morgan fingerprint density at radius 3 is 2.07 bits per heavy atom. The number of rotatable bonds is 15. The van der Waals surface area contributed by atoms with Gasteiger partial charge in [-0.15, -0.1) is 13.2 Å². The van der Waals surface area contributed by atoms with Crippen molar-refractivity contribution in [2.24, 2.45) is 11.7 Å². The van der Waals surface area contributed by atoms with Crippen LogP contribution in [0.5, 0.6) is 0 Å². The van der Waals surface area contributed by atoms with E-state index in [2.05, 4.69) is 39.7 Å². The van der Waals surface area contributed by atoms with E-state index in [1.165, 1.54) is 7.05 Å². The third-order valence-corrected chi connectivity index (χ3v) is 5.42. The van der Waals surface area contributed by atoms with E-state index in [0.29, 0.717) is 24.9 Å². The van der Waals surface area contributed by atoms with E-state index >= 15 is 0 Å². The number of carbonyl (C=O) groups excluding carboxylic acids is 5. The number of hydrogen-bond donors (Lipinski definition) is 6. The van der Waals surface area contributed by atoms with Crippen molar-refractivity contribution >= 4 is 35.5 Å². The Balaban J connectivity index is 0. The molecule has 0 fully saturated rings. The largest absolute Gasteiger partial charge is 0.445 e. The number of alkyl carbamates (subject to hydrolysis) is 1. The summed E-state index contributed by atoms with van der Waals surface area (Å²) < 4.78 is 4.99. The Bertz CT molecular complexity index is 923.